The maximum Gasteiger partial charge on any atom is 0.252 e. The molecule has 8 nitrogen and oxygen atoms in total. The van der Waals surface area contributed by atoms with Gasteiger partial charge in [0.25, 0.3) is 5.56 Å². The number of pyridine rings is 3. The summed E-state index contributed by atoms with van der Waals surface area (Å²) in [7, 11) is 3.37. The van der Waals surface area contributed by atoms with Crippen LogP contribution in [0.25, 0.3) is 11.0 Å². The number of ether oxygens (including phenoxy) is 1. The number of nitriles is 1. The van der Waals surface area contributed by atoms with Crippen molar-refractivity contribution >= 4 is 16.7 Å². The fraction of sp³-hybridized carbons (Fsp3) is 0.417. The normalized spacial score (nSPS) is 20.2. The number of aromatic nitrogens is 3. The predicted molar refractivity (Wildman–Crippen MR) is 124 cm³/mol. The molecule has 4 rings (SSSR count). The summed E-state index contributed by atoms with van der Waals surface area (Å²) in [5.74, 6) is 0.744. The van der Waals surface area contributed by atoms with Crippen molar-refractivity contribution in [1.29, 1.82) is 5.26 Å². The molecule has 166 valence electrons. The number of nitrogens with zero attached hydrogens (tertiary/aromatic N) is 6. The van der Waals surface area contributed by atoms with E-state index < -0.39 is 0 Å². The van der Waals surface area contributed by atoms with Gasteiger partial charge in [0.15, 0.2) is 0 Å². The van der Waals surface area contributed by atoms with Gasteiger partial charge in [0.2, 0.25) is 0 Å². The molecule has 0 aromatic carbocycles. The maximum absolute atomic E-state index is 12.7. The van der Waals surface area contributed by atoms with Crippen LogP contribution < -0.4 is 15.2 Å². The van der Waals surface area contributed by atoms with Crippen LogP contribution in [-0.4, -0.2) is 51.7 Å². The Kier molecular flexibility index (Phi) is 5.85. The monoisotopic (exact) mass is 432 g/mol. The maximum atomic E-state index is 12.7. The van der Waals surface area contributed by atoms with Crippen molar-refractivity contribution in [2.45, 2.75) is 38.9 Å². The molecule has 3 aromatic heterocycles. The van der Waals surface area contributed by atoms with E-state index in [4.69, 9.17) is 4.74 Å². The summed E-state index contributed by atoms with van der Waals surface area (Å²) in [4.78, 5) is 26.5. The quantitative estimate of drug-likeness (QED) is 0.626. The topological polar surface area (TPSA) is 87.3 Å². The third kappa shape index (κ3) is 3.80. The highest BCUT2D eigenvalue weighted by Gasteiger charge is 2.34. The molecule has 32 heavy (non-hydrogen) atoms. The van der Waals surface area contributed by atoms with Crippen molar-refractivity contribution in [3.8, 4) is 11.8 Å². The second-order valence-electron chi connectivity index (χ2n) is 8.45. The van der Waals surface area contributed by atoms with Crippen molar-refractivity contribution in [2.24, 2.45) is 7.05 Å². The molecule has 0 spiro atoms. The molecule has 1 saturated heterocycles. The third-order valence-electron chi connectivity index (χ3n) is 6.45. The molecule has 0 radical (unpaired) electrons. The summed E-state index contributed by atoms with van der Waals surface area (Å²) in [6.07, 6.45) is 1.75. The summed E-state index contributed by atoms with van der Waals surface area (Å²) in [5.41, 5.74) is 3.45. The molecule has 1 fully saturated rings. The molecule has 1 aliphatic heterocycles. The SMILES string of the molecule is COc1ccc(C(C)N2C[C@H](C)N(c3cc(=O)n(C)c4ccc(C#N)nc34)C[C@H]2C)nc1. The highest BCUT2D eigenvalue weighted by atomic mass is 16.5. The molecule has 4 heterocycles. The molecular weight excluding hydrogens is 404 g/mol. The first-order valence-electron chi connectivity index (χ1n) is 10.8. The number of hydrogen-bond acceptors (Lipinski definition) is 7. The number of anilines is 1. The predicted octanol–water partition coefficient (Wildman–Crippen LogP) is 2.87. The lowest BCUT2D eigenvalue weighted by Gasteiger charge is -2.47. The van der Waals surface area contributed by atoms with Gasteiger partial charge in [-0.05, 0) is 45.0 Å². The summed E-state index contributed by atoms with van der Waals surface area (Å²) in [6, 6.07) is 11.7. The summed E-state index contributed by atoms with van der Waals surface area (Å²) >= 11 is 0. The molecule has 0 aliphatic carbocycles. The van der Waals surface area contributed by atoms with Gasteiger partial charge in [0.1, 0.15) is 23.0 Å². The average molecular weight is 433 g/mol. The van der Waals surface area contributed by atoms with Crippen LogP contribution in [0, 0.1) is 11.3 Å². The number of aryl methyl sites for hydroxylation is 1. The van der Waals surface area contributed by atoms with Gasteiger partial charge < -0.3 is 14.2 Å². The van der Waals surface area contributed by atoms with E-state index in [0.717, 1.165) is 35.7 Å². The van der Waals surface area contributed by atoms with Crippen molar-refractivity contribution in [3.05, 3.63) is 58.3 Å². The lowest BCUT2D eigenvalue weighted by molar-refractivity contribution is 0.117. The zero-order valence-corrected chi connectivity index (χ0v) is 19.1. The van der Waals surface area contributed by atoms with E-state index in [2.05, 4.69) is 46.6 Å². The number of hydrogen-bond donors (Lipinski definition) is 0. The van der Waals surface area contributed by atoms with Crippen LogP contribution in [0.1, 0.15) is 38.2 Å². The van der Waals surface area contributed by atoms with Gasteiger partial charge in [0.05, 0.1) is 30.2 Å². The van der Waals surface area contributed by atoms with Crippen LogP contribution in [0.2, 0.25) is 0 Å². The van der Waals surface area contributed by atoms with Crippen LogP contribution in [-0.2, 0) is 7.05 Å². The average Bonchev–Trinajstić information content (AvgIpc) is 2.82. The van der Waals surface area contributed by atoms with Crippen molar-refractivity contribution < 1.29 is 4.74 Å². The van der Waals surface area contributed by atoms with Crippen molar-refractivity contribution in [3.63, 3.8) is 0 Å². The van der Waals surface area contributed by atoms with Gasteiger partial charge in [-0.2, -0.15) is 5.26 Å². The zero-order chi connectivity index (χ0) is 23.0. The lowest BCUT2D eigenvalue weighted by Crippen LogP contribution is -2.57. The van der Waals surface area contributed by atoms with E-state index >= 15 is 0 Å². The van der Waals surface area contributed by atoms with Gasteiger partial charge in [-0.15, -0.1) is 0 Å². The highest BCUT2D eigenvalue weighted by Crippen LogP contribution is 2.32. The van der Waals surface area contributed by atoms with E-state index in [-0.39, 0.29) is 23.7 Å². The van der Waals surface area contributed by atoms with E-state index in [0.29, 0.717) is 11.2 Å². The van der Waals surface area contributed by atoms with E-state index in [9.17, 15) is 10.1 Å². The first kappa shape index (κ1) is 21.8. The molecule has 1 aliphatic rings. The minimum atomic E-state index is -0.0860. The fourth-order valence-electron chi connectivity index (χ4n) is 4.55. The zero-order valence-electron chi connectivity index (χ0n) is 19.1. The third-order valence-corrected chi connectivity index (χ3v) is 6.45. The number of methoxy groups -OCH3 is 1. The second-order valence-corrected chi connectivity index (χ2v) is 8.45. The van der Waals surface area contributed by atoms with Gasteiger partial charge in [0, 0.05) is 44.3 Å². The lowest BCUT2D eigenvalue weighted by atomic mass is 10.0. The van der Waals surface area contributed by atoms with Crippen LogP contribution in [0.3, 0.4) is 0 Å². The highest BCUT2D eigenvalue weighted by molar-refractivity contribution is 5.89. The minimum absolute atomic E-state index is 0.0860. The summed E-state index contributed by atoms with van der Waals surface area (Å²) in [6.45, 7) is 8.07. The Morgan fingerprint density at radius 2 is 1.97 bits per heavy atom. The molecule has 1 unspecified atom stereocenters. The molecule has 0 N–H and O–H groups in total. The molecule has 3 aromatic rings. The summed E-state index contributed by atoms with van der Waals surface area (Å²) in [5, 5.41) is 9.34. The van der Waals surface area contributed by atoms with Crippen LogP contribution in [0.5, 0.6) is 5.75 Å². The smallest absolute Gasteiger partial charge is 0.252 e. The van der Waals surface area contributed by atoms with Crippen LogP contribution in [0.4, 0.5) is 5.69 Å². The molecule has 8 heteroatoms. The van der Waals surface area contributed by atoms with Crippen molar-refractivity contribution in [1.82, 2.24) is 19.4 Å². The van der Waals surface area contributed by atoms with Gasteiger partial charge in [-0.1, -0.05) is 0 Å². The summed E-state index contributed by atoms with van der Waals surface area (Å²) < 4.78 is 6.81. The minimum Gasteiger partial charge on any atom is -0.495 e. The molecule has 0 bridgehead atoms. The molecule has 0 amide bonds. The second kappa shape index (κ2) is 8.60. The van der Waals surface area contributed by atoms with Crippen molar-refractivity contribution in [2.75, 3.05) is 25.1 Å². The number of rotatable bonds is 4. The first-order chi connectivity index (χ1) is 15.3. The Morgan fingerprint density at radius 1 is 1.19 bits per heavy atom. The van der Waals surface area contributed by atoms with Gasteiger partial charge in [-0.3, -0.25) is 14.7 Å². The van der Waals surface area contributed by atoms with Gasteiger partial charge >= 0.3 is 0 Å². The molecule has 0 saturated carbocycles. The Labute approximate surface area is 187 Å². The van der Waals surface area contributed by atoms with E-state index in [1.165, 1.54) is 0 Å². The largest absolute Gasteiger partial charge is 0.495 e. The Balaban J connectivity index is 1.66. The van der Waals surface area contributed by atoms with E-state index in [1.54, 1.807) is 43.1 Å². The van der Waals surface area contributed by atoms with Crippen LogP contribution >= 0.6 is 0 Å². The molecule has 3 atom stereocenters. The fourth-order valence-corrected chi connectivity index (χ4v) is 4.55. The van der Waals surface area contributed by atoms with Crippen LogP contribution in [0.15, 0.2) is 41.3 Å². The molecular formula is C24H28N6O2. The van der Waals surface area contributed by atoms with Gasteiger partial charge in [-0.25, -0.2) is 4.98 Å². The Bertz CT molecular complexity index is 1230. The van der Waals surface area contributed by atoms with E-state index in [1.807, 2.05) is 12.1 Å². The standard InChI is InChI=1S/C24H28N6O2/c1-15-14-30(16(2)13-29(15)17(3)20-8-7-19(32-5)12-26-20)22-10-23(31)28(4)21-9-6-18(11-25)27-24(21)22/h6-10,12,15-17H,13-14H2,1-5H3/t15-,16+,17?/m1/s1. The number of piperazine rings is 1. The number of fused-ring (bicyclic) bond motifs is 1. The Morgan fingerprint density at radius 3 is 2.62 bits per heavy atom. The Hall–Kier alpha value is -3.44. The first-order valence-corrected chi connectivity index (χ1v) is 10.8.